The molecule has 1 fully saturated rings. The van der Waals surface area contributed by atoms with Gasteiger partial charge in [-0.3, -0.25) is 4.90 Å². The molecule has 1 aromatic heterocycles. The van der Waals surface area contributed by atoms with E-state index in [1.165, 1.54) is 38.9 Å². The first kappa shape index (κ1) is 15.0. The molecule has 1 N–H and O–H groups in total. The highest BCUT2D eigenvalue weighted by Crippen LogP contribution is 2.35. The average molecular weight is 280 g/mol. The zero-order valence-corrected chi connectivity index (χ0v) is 13.4. The summed E-state index contributed by atoms with van der Waals surface area (Å²) >= 11 is 1.92. The first-order chi connectivity index (χ1) is 9.22. The van der Waals surface area contributed by atoms with Crippen LogP contribution in [-0.2, 0) is 0 Å². The second kappa shape index (κ2) is 7.41. The van der Waals surface area contributed by atoms with Gasteiger partial charge in [-0.1, -0.05) is 19.9 Å². The molecular weight excluding hydrogens is 252 g/mol. The van der Waals surface area contributed by atoms with Crippen LogP contribution in [0.3, 0.4) is 0 Å². The van der Waals surface area contributed by atoms with Crippen molar-refractivity contribution in [1.82, 2.24) is 10.2 Å². The molecule has 19 heavy (non-hydrogen) atoms. The number of nitrogens with one attached hydrogen (secondary N) is 1. The third kappa shape index (κ3) is 4.04. The quantitative estimate of drug-likeness (QED) is 0.853. The Labute approximate surface area is 122 Å². The van der Waals surface area contributed by atoms with Crippen molar-refractivity contribution in [2.75, 3.05) is 26.7 Å². The van der Waals surface area contributed by atoms with E-state index in [0.29, 0.717) is 12.0 Å². The minimum absolute atomic E-state index is 0.630. The average Bonchev–Trinajstić information content (AvgIpc) is 2.91. The number of thiophene rings is 1. The van der Waals surface area contributed by atoms with Gasteiger partial charge in [-0.25, -0.2) is 0 Å². The molecule has 1 unspecified atom stereocenters. The molecule has 0 radical (unpaired) electrons. The van der Waals surface area contributed by atoms with Crippen LogP contribution in [0.25, 0.3) is 0 Å². The van der Waals surface area contributed by atoms with Crippen LogP contribution in [0, 0.1) is 11.8 Å². The second-order valence-corrected chi connectivity index (χ2v) is 7.06. The highest BCUT2D eigenvalue weighted by Gasteiger charge is 2.28. The largest absolute Gasteiger partial charge is 0.320 e. The van der Waals surface area contributed by atoms with E-state index in [4.69, 9.17) is 0 Å². The number of hydrogen-bond donors (Lipinski definition) is 1. The van der Waals surface area contributed by atoms with Crippen molar-refractivity contribution in [2.24, 2.45) is 11.8 Å². The SMILES string of the molecule is CNCCC1CCN(C(c2cccs2)C(C)C)CC1. The minimum atomic E-state index is 0.630. The summed E-state index contributed by atoms with van der Waals surface area (Å²) in [6.07, 6.45) is 4.09. The van der Waals surface area contributed by atoms with Crippen molar-refractivity contribution in [1.29, 1.82) is 0 Å². The third-order valence-electron chi connectivity index (χ3n) is 4.31. The van der Waals surface area contributed by atoms with Gasteiger partial charge in [0, 0.05) is 10.9 Å². The highest BCUT2D eigenvalue weighted by molar-refractivity contribution is 7.10. The Hall–Kier alpha value is -0.380. The maximum atomic E-state index is 3.28. The molecular formula is C16H28N2S. The molecule has 0 spiro atoms. The summed E-state index contributed by atoms with van der Waals surface area (Å²) in [5.41, 5.74) is 0. The molecule has 108 valence electrons. The molecule has 0 aromatic carbocycles. The normalized spacial score (nSPS) is 20.0. The molecule has 0 amide bonds. The molecule has 1 saturated heterocycles. The summed E-state index contributed by atoms with van der Waals surface area (Å²) in [6.45, 7) is 8.43. The van der Waals surface area contributed by atoms with Crippen LogP contribution in [-0.4, -0.2) is 31.6 Å². The van der Waals surface area contributed by atoms with Gasteiger partial charge >= 0.3 is 0 Å². The Bertz CT molecular complexity index is 340. The molecule has 0 aliphatic carbocycles. The lowest BCUT2D eigenvalue weighted by molar-refractivity contribution is 0.104. The van der Waals surface area contributed by atoms with Gasteiger partial charge in [-0.15, -0.1) is 11.3 Å². The fourth-order valence-corrected chi connectivity index (χ4v) is 4.29. The molecule has 0 bridgehead atoms. The molecule has 2 heterocycles. The van der Waals surface area contributed by atoms with Crippen LogP contribution < -0.4 is 5.32 Å². The molecule has 1 aromatic rings. The van der Waals surface area contributed by atoms with Crippen molar-refractivity contribution in [3.8, 4) is 0 Å². The fourth-order valence-electron chi connectivity index (χ4n) is 3.26. The number of piperidine rings is 1. The molecule has 1 aliphatic rings. The van der Waals surface area contributed by atoms with E-state index in [1.807, 2.05) is 11.3 Å². The Morgan fingerprint density at radius 3 is 2.63 bits per heavy atom. The van der Waals surface area contributed by atoms with E-state index in [2.05, 4.69) is 48.6 Å². The Balaban J connectivity index is 1.91. The molecule has 2 nitrogen and oxygen atoms in total. The van der Waals surface area contributed by atoms with Gasteiger partial charge in [0.05, 0.1) is 0 Å². The summed E-state index contributed by atoms with van der Waals surface area (Å²) in [5.74, 6) is 1.63. The van der Waals surface area contributed by atoms with Gasteiger partial charge in [-0.2, -0.15) is 0 Å². The van der Waals surface area contributed by atoms with E-state index in [1.54, 1.807) is 4.88 Å². The van der Waals surface area contributed by atoms with E-state index in [0.717, 1.165) is 5.92 Å². The minimum Gasteiger partial charge on any atom is -0.320 e. The molecule has 3 heteroatoms. The second-order valence-electron chi connectivity index (χ2n) is 6.08. The summed E-state index contributed by atoms with van der Waals surface area (Å²) in [7, 11) is 2.06. The summed E-state index contributed by atoms with van der Waals surface area (Å²) in [6, 6.07) is 5.13. The van der Waals surface area contributed by atoms with E-state index >= 15 is 0 Å². The lowest BCUT2D eigenvalue weighted by atomic mass is 9.90. The van der Waals surface area contributed by atoms with Gasteiger partial charge in [0.2, 0.25) is 0 Å². The standard InChI is InChI=1S/C16H28N2S/c1-13(2)16(15-5-4-12-19-15)18-10-7-14(8-11-18)6-9-17-3/h4-5,12-14,16-17H,6-11H2,1-3H3. The first-order valence-electron chi connectivity index (χ1n) is 7.64. The van der Waals surface area contributed by atoms with Gasteiger partial charge in [0.15, 0.2) is 0 Å². The maximum absolute atomic E-state index is 3.28. The van der Waals surface area contributed by atoms with Gasteiger partial charge in [0.25, 0.3) is 0 Å². The van der Waals surface area contributed by atoms with Crippen LogP contribution in [0.2, 0.25) is 0 Å². The maximum Gasteiger partial charge on any atom is 0.0464 e. The first-order valence-corrected chi connectivity index (χ1v) is 8.52. The van der Waals surface area contributed by atoms with E-state index in [9.17, 15) is 0 Å². The number of nitrogens with zero attached hydrogens (tertiary/aromatic N) is 1. The van der Waals surface area contributed by atoms with Crippen LogP contribution in [0.15, 0.2) is 17.5 Å². The summed E-state index contributed by atoms with van der Waals surface area (Å²) < 4.78 is 0. The predicted octanol–water partition coefficient (Wildman–Crippen LogP) is 3.77. The van der Waals surface area contributed by atoms with Crippen molar-refractivity contribution < 1.29 is 0 Å². The van der Waals surface area contributed by atoms with E-state index < -0.39 is 0 Å². The van der Waals surface area contributed by atoms with Gasteiger partial charge in [0.1, 0.15) is 0 Å². The fraction of sp³-hybridized carbons (Fsp3) is 0.750. The van der Waals surface area contributed by atoms with Crippen LogP contribution in [0.1, 0.15) is 44.0 Å². The lowest BCUT2D eigenvalue weighted by Gasteiger charge is -2.39. The Kier molecular flexibility index (Phi) is 5.86. The summed E-state index contributed by atoms with van der Waals surface area (Å²) in [5, 5.41) is 5.49. The number of rotatable bonds is 6. The molecule has 1 aliphatic heterocycles. The number of likely N-dealkylation sites (tertiary alicyclic amines) is 1. The Morgan fingerprint density at radius 1 is 1.37 bits per heavy atom. The van der Waals surface area contributed by atoms with Crippen molar-refractivity contribution >= 4 is 11.3 Å². The lowest BCUT2D eigenvalue weighted by Crippen LogP contribution is -2.39. The zero-order valence-electron chi connectivity index (χ0n) is 12.6. The molecule has 2 rings (SSSR count). The van der Waals surface area contributed by atoms with E-state index in [-0.39, 0.29) is 0 Å². The summed E-state index contributed by atoms with van der Waals surface area (Å²) in [4.78, 5) is 4.26. The zero-order chi connectivity index (χ0) is 13.7. The monoisotopic (exact) mass is 280 g/mol. The van der Waals surface area contributed by atoms with Crippen LogP contribution in [0.5, 0.6) is 0 Å². The smallest absolute Gasteiger partial charge is 0.0464 e. The Morgan fingerprint density at radius 2 is 2.11 bits per heavy atom. The predicted molar refractivity (Wildman–Crippen MR) is 84.7 cm³/mol. The van der Waals surface area contributed by atoms with Crippen molar-refractivity contribution in [2.45, 2.75) is 39.2 Å². The van der Waals surface area contributed by atoms with Gasteiger partial charge < -0.3 is 5.32 Å². The topological polar surface area (TPSA) is 15.3 Å². The van der Waals surface area contributed by atoms with Gasteiger partial charge in [-0.05, 0) is 69.2 Å². The van der Waals surface area contributed by atoms with Crippen molar-refractivity contribution in [3.05, 3.63) is 22.4 Å². The van der Waals surface area contributed by atoms with Crippen LogP contribution in [0.4, 0.5) is 0 Å². The van der Waals surface area contributed by atoms with Crippen LogP contribution >= 0.6 is 11.3 Å². The van der Waals surface area contributed by atoms with Crippen molar-refractivity contribution in [3.63, 3.8) is 0 Å². The number of hydrogen-bond acceptors (Lipinski definition) is 3. The molecule has 0 saturated carbocycles. The highest BCUT2D eigenvalue weighted by atomic mass is 32.1. The third-order valence-corrected chi connectivity index (χ3v) is 5.25. The molecule has 1 atom stereocenters.